The molecule has 1 atom stereocenters. The fourth-order valence-electron chi connectivity index (χ4n) is 2.17. The van der Waals surface area contributed by atoms with Crippen LogP contribution < -0.4 is 10.5 Å². The summed E-state index contributed by atoms with van der Waals surface area (Å²) in [4.78, 5) is 0.266. The molecule has 0 saturated carbocycles. The van der Waals surface area contributed by atoms with Gasteiger partial charge in [-0.25, -0.2) is 8.42 Å². The van der Waals surface area contributed by atoms with Gasteiger partial charge in [-0.2, -0.15) is 4.31 Å². The molecule has 1 saturated heterocycles. The molecule has 1 aliphatic heterocycles. The highest BCUT2D eigenvalue weighted by molar-refractivity contribution is 7.89. The lowest BCUT2D eigenvalue weighted by Gasteiger charge is -2.31. The average molecular weight is 365 g/mol. The van der Waals surface area contributed by atoms with Crippen molar-refractivity contribution in [3.8, 4) is 5.75 Å². The van der Waals surface area contributed by atoms with Crippen LogP contribution in [-0.2, 0) is 14.8 Å². The van der Waals surface area contributed by atoms with Crippen LogP contribution in [0.4, 0.5) is 0 Å². The van der Waals surface area contributed by atoms with E-state index in [2.05, 4.69) is 13.8 Å². The zero-order valence-corrected chi connectivity index (χ0v) is 15.1. The zero-order valence-electron chi connectivity index (χ0n) is 13.5. The summed E-state index contributed by atoms with van der Waals surface area (Å²) in [5, 5.41) is 0. The van der Waals surface area contributed by atoms with E-state index in [0.717, 1.165) is 0 Å². The number of halogens is 1. The topological polar surface area (TPSA) is 81.9 Å². The number of hydrogen-bond acceptors (Lipinski definition) is 5. The van der Waals surface area contributed by atoms with E-state index in [-0.39, 0.29) is 23.4 Å². The van der Waals surface area contributed by atoms with Crippen molar-refractivity contribution >= 4 is 22.4 Å². The van der Waals surface area contributed by atoms with E-state index in [9.17, 15) is 8.42 Å². The number of rotatable bonds is 6. The van der Waals surface area contributed by atoms with Gasteiger partial charge < -0.3 is 15.2 Å². The highest BCUT2D eigenvalue weighted by Crippen LogP contribution is 2.21. The van der Waals surface area contributed by atoms with Crippen molar-refractivity contribution in [2.75, 3.05) is 32.8 Å². The molecule has 0 aromatic heterocycles. The van der Waals surface area contributed by atoms with Crippen molar-refractivity contribution in [2.24, 2.45) is 11.7 Å². The van der Waals surface area contributed by atoms with Crippen LogP contribution in [0.15, 0.2) is 29.2 Å². The molecule has 23 heavy (non-hydrogen) atoms. The molecular weight excluding hydrogens is 340 g/mol. The Balaban J connectivity index is 0.00000264. The Kier molecular flexibility index (Phi) is 7.76. The van der Waals surface area contributed by atoms with Crippen molar-refractivity contribution in [3.63, 3.8) is 0 Å². The van der Waals surface area contributed by atoms with Crippen LogP contribution in [0.2, 0.25) is 0 Å². The Bertz CT molecular complexity index is 578. The van der Waals surface area contributed by atoms with Gasteiger partial charge in [-0.05, 0) is 30.2 Å². The van der Waals surface area contributed by atoms with Crippen molar-refractivity contribution in [1.82, 2.24) is 4.31 Å². The predicted octanol–water partition coefficient (Wildman–Crippen LogP) is 1.49. The number of hydrogen-bond donors (Lipinski definition) is 1. The summed E-state index contributed by atoms with van der Waals surface area (Å²) in [5.41, 5.74) is 5.56. The minimum atomic E-state index is -3.51. The van der Waals surface area contributed by atoms with Gasteiger partial charge in [-0.15, -0.1) is 12.4 Å². The van der Waals surface area contributed by atoms with Crippen molar-refractivity contribution in [3.05, 3.63) is 24.3 Å². The number of nitrogens with zero attached hydrogens (tertiary/aromatic N) is 1. The normalized spacial score (nSPS) is 19.4. The fourth-order valence-corrected chi connectivity index (χ4v) is 3.63. The number of morpholine rings is 1. The van der Waals surface area contributed by atoms with Gasteiger partial charge in [0.25, 0.3) is 0 Å². The second-order valence-electron chi connectivity index (χ2n) is 5.77. The number of ether oxygens (including phenoxy) is 2. The Morgan fingerprint density at radius 3 is 2.57 bits per heavy atom. The molecule has 2 N–H and O–H groups in total. The Labute approximate surface area is 144 Å². The van der Waals surface area contributed by atoms with Crippen LogP contribution in [-0.4, -0.2) is 51.7 Å². The summed E-state index contributed by atoms with van der Waals surface area (Å²) < 4.78 is 37.6. The fraction of sp³-hybridized carbons (Fsp3) is 0.600. The molecule has 1 aromatic rings. The van der Waals surface area contributed by atoms with Gasteiger partial charge in [0.15, 0.2) is 0 Å². The first kappa shape index (κ1) is 20.2. The lowest BCUT2D eigenvalue weighted by Crippen LogP contribution is -2.48. The summed E-state index contributed by atoms with van der Waals surface area (Å²) in [7, 11) is -3.51. The Morgan fingerprint density at radius 1 is 1.35 bits per heavy atom. The van der Waals surface area contributed by atoms with Crippen molar-refractivity contribution < 1.29 is 17.9 Å². The molecule has 6 nitrogen and oxygen atoms in total. The van der Waals surface area contributed by atoms with Gasteiger partial charge in [0, 0.05) is 19.6 Å². The summed E-state index contributed by atoms with van der Waals surface area (Å²) in [6.45, 7) is 6.06. The maximum Gasteiger partial charge on any atom is 0.243 e. The summed E-state index contributed by atoms with van der Waals surface area (Å²) in [5.74, 6) is 1.10. The van der Waals surface area contributed by atoms with Gasteiger partial charge in [0.05, 0.1) is 24.2 Å². The maximum absolute atomic E-state index is 12.6. The molecule has 1 heterocycles. The highest BCUT2D eigenvalue weighted by atomic mass is 35.5. The highest BCUT2D eigenvalue weighted by Gasteiger charge is 2.30. The SMILES string of the molecule is CC(C)COc1ccc(S(=O)(=O)N2CCOC(CN)C2)cc1.Cl. The number of nitrogens with two attached hydrogens (primary N) is 1. The van der Waals surface area contributed by atoms with Crippen LogP contribution in [0, 0.1) is 5.92 Å². The number of benzene rings is 1. The second kappa shape index (κ2) is 8.84. The minimum absolute atomic E-state index is 0. The van der Waals surface area contributed by atoms with Crippen LogP contribution >= 0.6 is 12.4 Å². The summed E-state index contributed by atoms with van der Waals surface area (Å²) in [6.07, 6.45) is -0.239. The van der Waals surface area contributed by atoms with Gasteiger partial charge in [0.1, 0.15) is 5.75 Å². The molecule has 8 heteroatoms. The second-order valence-corrected chi connectivity index (χ2v) is 7.71. The lowest BCUT2D eigenvalue weighted by atomic mass is 10.2. The molecule has 2 rings (SSSR count). The quantitative estimate of drug-likeness (QED) is 0.827. The van der Waals surface area contributed by atoms with E-state index in [0.29, 0.717) is 44.5 Å². The van der Waals surface area contributed by atoms with E-state index in [4.69, 9.17) is 15.2 Å². The molecule has 1 aliphatic rings. The molecular formula is C15H25ClN2O4S. The molecule has 0 spiro atoms. The standard InChI is InChI=1S/C15H24N2O4S.ClH/c1-12(2)11-21-13-3-5-15(6-4-13)22(18,19)17-7-8-20-14(9-16)10-17;/h3-6,12,14H,7-11,16H2,1-2H3;1H. The molecule has 132 valence electrons. The first-order valence-electron chi connectivity index (χ1n) is 7.48. The number of sulfonamides is 1. The van der Waals surface area contributed by atoms with E-state index in [1.807, 2.05) is 0 Å². The van der Waals surface area contributed by atoms with Gasteiger partial charge >= 0.3 is 0 Å². The third kappa shape index (κ3) is 5.32. The smallest absolute Gasteiger partial charge is 0.243 e. The molecule has 1 fully saturated rings. The first-order chi connectivity index (χ1) is 10.4. The van der Waals surface area contributed by atoms with Gasteiger partial charge in [0.2, 0.25) is 10.0 Å². The van der Waals surface area contributed by atoms with Gasteiger partial charge in [-0.1, -0.05) is 13.8 Å². The van der Waals surface area contributed by atoms with Crippen molar-refractivity contribution in [1.29, 1.82) is 0 Å². The third-order valence-electron chi connectivity index (χ3n) is 3.41. The third-order valence-corrected chi connectivity index (χ3v) is 5.29. The van der Waals surface area contributed by atoms with E-state index in [1.165, 1.54) is 4.31 Å². The molecule has 1 unspecified atom stereocenters. The predicted molar refractivity (Wildman–Crippen MR) is 91.6 cm³/mol. The Hall–Kier alpha value is -0.860. The summed E-state index contributed by atoms with van der Waals surface area (Å²) >= 11 is 0. The Morgan fingerprint density at radius 2 is 2.00 bits per heavy atom. The van der Waals surface area contributed by atoms with Crippen LogP contribution in [0.1, 0.15) is 13.8 Å². The van der Waals surface area contributed by atoms with Crippen LogP contribution in [0.3, 0.4) is 0 Å². The molecule has 0 bridgehead atoms. The van der Waals surface area contributed by atoms with E-state index >= 15 is 0 Å². The molecule has 1 aromatic carbocycles. The van der Waals surface area contributed by atoms with E-state index < -0.39 is 10.0 Å². The largest absolute Gasteiger partial charge is 0.493 e. The first-order valence-corrected chi connectivity index (χ1v) is 8.92. The molecule has 0 aliphatic carbocycles. The minimum Gasteiger partial charge on any atom is -0.493 e. The monoisotopic (exact) mass is 364 g/mol. The maximum atomic E-state index is 12.6. The van der Waals surface area contributed by atoms with Gasteiger partial charge in [-0.3, -0.25) is 0 Å². The molecule has 0 amide bonds. The summed E-state index contributed by atoms with van der Waals surface area (Å²) in [6, 6.07) is 6.54. The lowest BCUT2D eigenvalue weighted by molar-refractivity contribution is 0.00450. The average Bonchev–Trinajstić information content (AvgIpc) is 2.53. The van der Waals surface area contributed by atoms with Crippen LogP contribution in [0.5, 0.6) is 5.75 Å². The zero-order chi connectivity index (χ0) is 16.2. The van der Waals surface area contributed by atoms with E-state index in [1.54, 1.807) is 24.3 Å². The molecule has 0 radical (unpaired) electrons. The van der Waals surface area contributed by atoms with Crippen LogP contribution in [0.25, 0.3) is 0 Å². The van der Waals surface area contributed by atoms with Crippen molar-refractivity contribution in [2.45, 2.75) is 24.8 Å².